The Kier molecular flexibility index (Phi) is 2.78. The van der Waals surface area contributed by atoms with Crippen LogP contribution < -0.4 is 0 Å². The fraction of sp³-hybridized carbons (Fsp3) is 0.0909. The molecule has 1 heterocycles. The SMILES string of the molecule is CC(=NO)c1cnc(-c2ccccc2)s1. The average Bonchev–Trinajstić information content (AvgIpc) is 2.78. The van der Waals surface area contributed by atoms with Gasteiger partial charge in [0.25, 0.3) is 0 Å². The molecule has 0 spiro atoms. The van der Waals surface area contributed by atoms with E-state index in [0.29, 0.717) is 5.71 Å². The molecule has 1 aromatic heterocycles. The number of aromatic nitrogens is 1. The molecule has 76 valence electrons. The summed E-state index contributed by atoms with van der Waals surface area (Å²) >= 11 is 1.52. The minimum Gasteiger partial charge on any atom is -0.411 e. The number of rotatable bonds is 2. The van der Waals surface area contributed by atoms with Crippen molar-refractivity contribution in [2.45, 2.75) is 6.92 Å². The van der Waals surface area contributed by atoms with Gasteiger partial charge in [0.2, 0.25) is 0 Å². The number of benzene rings is 1. The van der Waals surface area contributed by atoms with Crippen molar-refractivity contribution < 1.29 is 5.21 Å². The van der Waals surface area contributed by atoms with Crippen LogP contribution in [0, 0.1) is 0 Å². The van der Waals surface area contributed by atoms with Gasteiger partial charge in [-0.05, 0) is 6.92 Å². The molecule has 0 radical (unpaired) electrons. The first-order valence-electron chi connectivity index (χ1n) is 4.51. The van der Waals surface area contributed by atoms with Crippen LogP contribution in [-0.2, 0) is 0 Å². The van der Waals surface area contributed by atoms with E-state index in [1.165, 1.54) is 11.3 Å². The van der Waals surface area contributed by atoms with Gasteiger partial charge in [0.15, 0.2) is 0 Å². The van der Waals surface area contributed by atoms with Crippen molar-refractivity contribution in [3.63, 3.8) is 0 Å². The molecule has 0 atom stereocenters. The van der Waals surface area contributed by atoms with Crippen LogP contribution in [0.5, 0.6) is 0 Å². The van der Waals surface area contributed by atoms with Crippen molar-refractivity contribution in [3.8, 4) is 10.6 Å². The summed E-state index contributed by atoms with van der Waals surface area (Å²) in [5, 5.41) is 12.7. The lowest BCUT2D eigenvalue weighted by Gasteiger charge is -1.93. The zero-order valence-corrected chi connectivity index (χ0v) is 9.03. The molecule has 0 aliphatic carbocycles. The number of thiazole rings is 1. The molecule has 1 aromatic carbocycles. The summed E-state index contributed by atoms with van der Waals surface area (Å²) in [7, 11) is 0. The first-order valence-corrected chi connectivity index (χ1v) is 5.33. The maximum Gasteiger partial charge on any atom is 0.123 e. The molecular weight excluding hydrogens is 208 g/mol. The van der Waals surface area contributed by atoms with Gasteiger partial charge in [0, 0.05) is 11.8 Å². The van der Waals surface area contributed by atoms with Gasteiger partial charge >= 0.3 is 0 Å². The van der Waals surface area contributed by atoms with E-state index in [0.717, 1.165) is 15.4 Å². The van der Waals surface area contributed by atoms with Gasteiger partial charge in [-0.1, -0.05) is 35.5 Å². The Labute approximate surface area is 91.7 Å². The summed E-state index contributed by atoms with van der Waals surface area (Å²) in [6.45, 7) is 1.75. The third-order valence-corrected chi connectivity index (χ3v) is 3.19. The predicted molar refractivity (Wildman–Crippen MR) is 61.5 cm³/mol. The topological polar surface area (TPSA) is 45.5 Å². The number of nitrogens with zero attached hydrogens (tertiary/aromatic N) is 2. The highest BCUT2D eigenvalue weighted by Gasteiger charge is 2.06. The molecule has 2 rings (SSSR count). The highest BCUT2D eigenvalue weighted by atomic mass is 32.1. The zero-order chi connectivity index (χ0) is 10.7. The maximum absolute atomic E-state index is 8.63. The van der Waals surface area contributed by atoms with E-state index in [1.54, 1.807) is 13.1 Å². The summed E-state index contributed by atoms with van der Waals surface area (Å²) in [6, 6.07) is 9.94. The van der Waals surface area contributed by atoms with E-state index in [-0.39, 0.29) is 0 Å². The standard InChI is InChI=1S/C11H10N2OS/c1-8(13-14)10-7-12-11(15-10)9-5-3-2-4-6-9/h2-7,14H,1H3. The van der Waals surface area contributed by atoms with E-state index in [4.69, 9.17) is 5.21 Å². The minimum atomic E-state index is 0.592. The summed E-state index contributed by atoms with van der Waals surface area (Å²) in [5.74, 6) is 0. The van der Waals surface area contributed by atoms with Gasteiger partial charge in [-0.2, -0.15) is 0 Å². The number of hydrogen-bond acceptors (Lipinski definition) is 4. The van der Waals surface area contributed by atoms with Crippen molar-refractivity contribution in [2.75, 3.05) is 0 Å². The van der Waals surface area contributed by atoms with Crippen LogP contribution in [-0.4, -0.2) is 15.9 Å². The van der Waals surface area contributed by atoms with E-state index in [2.05, 4.69) is 10.1 Å². The van der Waals surface area contributed by atoms with Crippen molar-refractivity contribution in [1.82, 2.24) is 4.98 Å². The second kappa shape index (κ2) is 4.23. The molecule has 0 amide bonds. The molecule has 0 aliphatic heterocycles. The first-order chi connectivity index (χ1) is 7.31. The van der Waals surface area contributed by atoms with Crippen molar-refractivity contribution in [3.05, 3.63) is 41.4 Å². The molecule has 0 fully saturated rings. The molecule has 15 heavy (non-hydrogen) atoms. The van der Waals surface area contributed by atoms with Gasteiger partial charge < -0.3 is 5.21 Å². The van der Waals surface area contributed by atoms with Crippen LogP contribution in [0.3, 0.4) is 0 Å². The molecule has 2 aromatic rings. The van der Waals surface area contributed by atoms with Crippen LogP contribution in [0.1, 0.15) is 11.8 Å². The van der Waals surface area contributed by atoms with E-state index < -0.39 is 0 Å². The highest BCUT2D eigenvalue weighted by Crippen LogP contribution is 2.24. The molecule has 0 saturated heterocycles. The molecule has 0 saturated carbocycles. The Balaban J connectivity index is 2.36. The molecule has 0 unspecified atom stereocenters. The second-order valence-corrected chi connectivity index (χ2v) is 4.11. The normalized spacial score (nSPS) is 11.7. The van der Waals surface area contributed by atoms with Crippen molar-refractivity contribution in [2.24, 2.45) is 5.16 Å². The Morgan fingerprint density at radius 3 is 2.73 bits per heavy atom. The summed E-state index contributed by atoms with van der Waals surface area (Å²) < 4.78 is 0. The Bertz CT molecular complexity index is 476. The van der Waals surface area contributed by atoms with Crippen LogP contribution in [0.25, 0.3) is 10.6 Å². The molecule has 4 heteroatoms. The second-order valence-electron chi connectivity index (χ2n) is 3.08. The molecule has 1 N–H and O–H groups in total. The van der Waals surface area contributed by atoms with Gasteiger partial charge in [0.05, 0.1) is 10.6 Å². The van der Waals surface area contributed by atoms with E-state index in [9.17, 15) is 0 Å². The quantitative estimate of drug-likeness (QED) is 0.478. The number of oxime groups is 1. The molecule has 0 aliphatic rings. The average molecular weight is 218 g/mol. The smallest absolute Gasteiger partial charge is 0.123 e. The first kappa shape index (κ1) is 9.86. The number of hydrogen-bond donors (Lipinski definition) is 1. The van der Waals surface area contributed by atoms with Gasteiger partial charge in [-0.3, -0.25) is 0 Å². The summed E-state index contributed by atoms with van der Waals surface area (Å²) in [5.41, 5.74) is 1.68. The Morgan fingerprint density at radius 1 is 1.33 bits per heavy atom. The van der Waals surface area contributed by atoms with Gasteiger partial charge in [-0.25, -0.2) is 4.98 Å². The predicted octanol–water partition coefficient (Wildman–Crippen LogP) is 3.01. The molecule has 3 nitrogen and oxygen atoms in total. The van der Waals surface area contributed by atoms with Gasteiger partial charge in [0.1, 0.15) is 5.01 Å². The van der Waals surface area contributed by atoms with Crippen LogP contribution in [0.2, 0.25) is 0 Å². The van der Waals surface area contributed by atoms with Crippen molar-refractivity contribution in [1.29, 1.82) is 0 Å². The zero-order valence-electron chi connectivity index (χ0n) is 8.21. The summed E-state index contributed by atoms with van der Waals surface area (Å²) in [4.78, 5) is 5.17. The summed E-state index contributed by atoms with van der Waals surface area (Å²) in [6.07, 6.45) is 1.72. The van der Waals surface area contributed by atoms with Crippen LogP contribution in [0.15, 0.2) is 41.7 Å². The van der Waals surface area contributed by atoms with E-state index in [1.807, 2.05) is 30.3 Å². The maximum atomic E-state index is 8.63. The Morgan fingerprint density at radius 2 is 2.07 bits per heavy atom. The highest BCUT2D eigenvalue weighted by molar-refractivity contribution is 7.17. The Hall–Kier alpha value is -1.68. The van der Waals surface area contributed by atoms with Crippen LogP contribution >= 0.6 is 11.3 Å². The lowest BCUT2D eigenvalue weighted by atomic mass is 10.2. The third kappa shape index (κ3) is 2.05. The van der Waals surface area contributed by atoms with Crippen LogP contribution in [0.4, 0.5) is 0 Å². The largest absolute Gasteiger partial charge is 0.411 e. The lowest BCUT2D eigenvalue weighted by molar-refractivity contribution is 0.319. The monoisotopic (exact) mass is 218 g/mol. The molecule has 0 bridgehead atoms. The lowest BCUT2D eigenvalue weighted by Crippen LogP contribution is -1.88. The third-order valence-electron chi connectivity index (χ3n) is 2.03. The van der Waals surface area contributed by atoms with Crippen molar-refractivity contribution >= 4 is 17.0 Å². The van der Waals surface area contributed by atoms with Gasteiger partial charge in [-0.15, -0.1) is 11.3 Å². The molecular formula is C11H10N2OS. The van der Waals surface area contributed by atoms with E-state index >= 15 is 0 Å². The fourth-order valence-electron chi connectivity index (χ4n) is 1.20. The fourth-order valence-corrected chi connectivity index (χ4v) is 2.07. The minimum absolute atomic E-state index is 0.592.